The molecule has 1 rings (SSSR count). The summed E-state index contributed by atoms with van der Waals surface area (Å²) in [5.41, 5.74) is 0.0958. The number of rotatable bonds is 4. The molecule has 0 aliphatic rings. The molecule has 0 radical (unpaired) electrons. The number of urea groups is 1. The zero-order valence-electron chi connectivity index (χ0n) is 10.7. The van der Waals surface area contributed by atoms with Crippen molar-refractivity contribution in [1.29, 1.82) is 0 Å². The van der Waals surface area contributed by atoms with Crippen molar-refractivity contribution in [1.82, 2.24) is 4.72 Å². The maximum Gasteiger partial charge on any atom is 0.329 e. The smallest absolute Gasteiger partial charge is 0.329 e. The normalized spacial score (nSPS) is 11.5. The lowest BCUT2D eigenvalue weighted by Gasteiger charge is -2.16. The second-order valence-corrected chi connectivity index (χ2v) is 6.98. The Morgan fingerprint density at radius 3 is 2.53 bits per heavy atom. The number of nitro groups is 1. The van der Waals surface area contributed by atoms with Crippen molar-refractivity contribution in [3.05, 3.63) is 28.3 Å². The molecule has 0 aliphatic heterocycles. The van der Waals surface area contributed by atoms with E-state index in [-0.39, 0.29) is 17.1 Å². The molecule has 0 spiro atoms. The average molecular weight is 289 g/mol. The average Bonchev–Trinajstić information content (AvgIpc) is 2.26. The highest BCUT2D eigenvalue weighted by atomic mass is 32.3. The first-order valence-electron chi connectivity index (χ1n) is 5.19. The third-order valence-electron chi connectivity index (χ3n) is 2.01. The molecule has 1 aromatic carbocycles. The van der Waals surface area contributed by atoms with Gasteiger partial charge in [-0.25, -0.2) is 4.79 Å². The van der Waals surface area contributed by atoms with Crippen molar-refractivity contribution >= 4 is 27.5 Å². The Bertz CT molecular complexity index is 554. The fourth-order valence-electron chi connectivity index (χ4n) is 1.29. The molecule has 19 heavy (non-hydrogen) atoms. The van der Waals surface area contributed by atoms with Crippen LogP contribution in [0.1, 0.15) is 0 Å². The molecule has 9 heteroatoms. The topological polar surface area (TPSA) is 111 Å². The van der Waals surface area contributed by atoms with Gasteiger partial charge in [-0.1, -0.05) is 0 Å². The molecule has 0 unspecified atom stereocenters. The van der Waals surface area contributed by atoms with E-state index in [4.69, 9.17) is 4.74 Å². The lowest BCUT2D eigenvalue weighted by Crippen LogP contribution is -2.37. The van der Waals surface area contributed by atoms with Crippen LogP contribution in [0.2, 0.25) is 0 Å². The molecule has 0 heterocycles. The molecule has 0 saturated carbocycles. The summed E-state index contributed by atoms with van der Waals surface area (Å²) >= 11 is 0. The van der Waals surface area contributed by atoms with Gasteiger partial charge in [-0.3, -0.25) is 19.0 Å². The first kappa shape index (κ1) is 14.9. The minimum absolute atomic E-state index is 0.145. The van der Waals surface area contributed by atoms with E-state index in [1.165, 1.54) is 37.8 Å². The number of thiol groups is 1. The van der Waals surface area contributed by atoms with Gasteiger partial charge in [-0.15, -0.1) is 0 Å². The van der Waals surface area contributed by atoms with Gasteiger partial charge in [0.25, 0.3) is 5.69 Å². The van der Waals surface area contributed by atoms with E-state index in [2.05, 4.69) is 10.0 Å². The summed E-state index contributed by atoms with van der Waals surface area (Å²) < 4.78 is 18.6. The number of ether oxygens (including phenoxy) is 1. The lowest BCUT2D eigenvalue weighted by atomic mass is 10.2. The van der Waals surface area contributed by atoms with E-state index < -0.39 is 21.1 Å². The van der Waals surface area contributed by atoms with Gasteiger partial charge in [0.05, 0.1) is 23.8 Å². The van der Waals surface area contributed by atoms with E-state index in [1.807, 2.05) is 0 Å². The van der Waals surface area contributed by atoms with Crippen LogP contribution in [-0.2, 0) is 10.1 Å². The molecule has 2 amide bonds. The highest BCUT2D eigenvalue weighted by molar-refractivity contribution is 8.00. The minimum Gasteiger partial charge on any atom is -0.494 e. The van der Waals surface area contributed by atoms with Gasteiger partial charge in [-0.2, -0.15) is 0 Å². The summed E-state index contributed by atoms with van der Waals surface area (Å²) in [6.45, 7) is 0. The second kappa shape index (κ2) is 5.65. The Morgan fingerprint density at radius 1 is 1.42 bits per heavy atom. The number of anilines is 1. The van der Waals surface area contributed by atoms with Crippen LogP contribution in [-0.4, -0.2) is 34.8 Å². The number of hydrogen-bond donors (Lipinski definition) is 3. The third kappa shape index (κ3) is 4.54. The number of carbonyl (C=O) groups is 1. The number of amides is 2. The van der Waals surface area contributed by atoms with E-state index in [0.717, 1.165) is 0 Å². The minimum atomic E-state index is -2.72. The predicted molar refractivity (Wildman–Crippen MR) is 73.2 cm³/mol. The van der Waals surface area contributed by atoms with Gasteiger partial charge in [0.15, 0.2) is 0 Å². The number of nitrogens with zero attached hydrogens (tertiary/aromatic N) is 1. The van der Waals surface area contributed by atoms with Gasteiger partial charge in [-0.05, 0) is 16.2 Å². The van der Waals surface area contributed by atoms with Crippen molar-refractivity contribution < 1.29 is 18.7 Å². The third-order valence-corrected chi connectivity index (χ3v) is 2.76. The number of benzene rings is 1. The number of nitro benzene ring substituents is 1. The number of nitrogens with one attached hydrogen (secondary N) is 2. The molecule has 2 N–H and O–H groups in total. The van der Waals surface area contributed by atoms with Gasteiger partial charge < -0.3 is 10.1 Å². The van der Waals surface area contributed by atoms with Crippen LogP contribution < -0.4 is 14.8 Å². The summed E-state index contributed by atoms with van der Waals surface area (Å²) in [6.07, 6.45) is 2.80. The number of non-ortho nitro benzene ring substituents is 1. The van der Waals surface area contributed by atoms with Gasteiger partial charge >= 0.3 is 6.03 Å². The van der Waals surface area contributed by atoms with Crippen molar-refractivity contribution in [2.45, 2.75) is 0 Å². The summed E-state index contributed by atoms with van der Waals surface area (Å²) in [4.78, 5) is 21.6. The number of methoxy groups -OCH3 is 1. The van der Waals surface area contributed by atoms with Crippen LogP contribution >= 0.6 is 0 Å². The Balaban J connectivity index is 2.92. The van der Waals surface area contributed by atoms with Gasteiger partial charge in [0, 0.05) is 18.6 Å². The maximum absolute atomic E-state index is 11.5. The van der Waals surface area contributed by atoms with Crippen LogP contribution in [0.4, 0.5) is 16.2 Å². The molecule has 0 atom stereocenters. The molecule has 8 nitrogen and oxygen atoms in total. The van der Waals surface area contributed by atoms with Crippen LogP contribution in [0.5, 0.6) is 5.75 Å². The van der Waals surface area contributed by atoms with Crippen LogP contribution in [0.3, 0.4) is 0 Å². The highest BCUT2D eigenvalue weighted by Crippen LogP contribution is 2.28. The monoisotopic (exact) mass is 289 g/mol. The zero-order valence-corrected chi connectivity index (χ0v) is 11.6. The van der Waals surface area contributed by atoms with E-state index >= 15 is 0 Å². The molecule has 1 aromatic rings. The predicted octanol–water partition coefficient (Wildman–Crippen LogP) is 0.916. The Labute approximate surface area is 110 Å². The first-order chi connectivity index (χ1) is 8.73. The SMILES string of the molecule is COc1cc([N+](=O)[O-])ccc1NC(=O)N[SH](C)(C)=O. The van der Waals surface area contributed by atoms with Gasteiger partial charge in [0.2, 0.25) is 0 Å². The fraction of sp³-hybridized carbons (Fsp3) is 0.300. The maximum atomic E-state index is 11.5. The quantitative estimate of drug-likeness (QED) is 0.433. The Morgan fingerprint density at radius 2 is 2.05 bits per heavy atom. The molecule has 0 fully saturated rings. The molecular formula is C10H15N3O5S. The number of hydrogen-bond acceptors (Lipinski definition) is 5. The molecule has 0 aromatic heterocycles. The van der Waals surface area contributed by atoms with E-state index in [9.17, 15) is 19.1 Å². The van der Waals surface area contributed by atoms with Crippen molar-refractivity contribution in [2.24, 2.45) is 0 Å². The summed E-state index contributed by atoms with van der Waals surface area (Å²) in [5, 5.41) is 13.0. The Kier molecular flexibility index (Phi) is 4.43. The molecule has 0 saturated heterocycles. The van der Waals surface area contributed by atoms with Crippen LogP contribution in [0, 0.1) is 10.1 Å². The van der Waals surface area contributed by atoms with Crippen molar-refractivity contribution in [2.75, 3.05) is 24.9 Å². The highest BCUT2D eigenvalue weighted by Gasteiger charge is 2.14. The fourth-order valence-corrected chi connectivity index (χ4v) is 1.84. The van der Waals surface area contributed by atoms with Crippen molar-refractivity contribution in [3.8, 4) is 5.75 Å². The van der Waals surface area contributed by atoms with E-state index in [1.54, 1.807) is 0 Å². The lowest BCUT2D eigenvalue weighted by molar-refractivity contribution is -0.384. The summed E-state index contributed by atoms with van der Waals surface area (Å²) in [6, 6.07) is 3.09. The summed E-state index contributed by atoms with van der Waals surface area (Å²) in [5.74, 6) is 0.145. The van der Waals surface area contributed by atoms with Gasteiger partial charge in [0.1, 0.15) is 5.75 Å². The molecule has 0 bridgehead atoms. The largest absolute Gasteiger partial charge is 0.494 e. The zero-order chi connectivity index (χ0) is 14.6. The molecule has 106 valence electrons. The molecular weight excluding hydrogens is 274 g/mol. The standard InChI is InChI=1S/C10H15N3O5S/c1-18-9-6-7(13(15)16)4-5-8(9)11-10(14)12-19(2,3)17/h4-6,19H,1-3H3,(H2,11,12,14,17). The number of carbonyl (C=O) groups excluding carboxylic acids is 1. The van der Waals surface area contributed by atoms with Crippen molar-refractivity contribution in [3.63, 3.8) is 0 Å². The summed E-state index contributed by atoms with van der Waals surface area (Å²) in [7, 11) is -1.39. The molecule has 0 aliphatic carbocycles. The first-order valence-corrected chi connectivity index (χ1v) is 7.80. The second-order valence-electron chi connectivity index (χ2n) is 4.06. The van der Waals surface area contributed by atoms with Crippen LogP contribution in [0.15, 0.2) is 18.2 Å². The Hall–Kier alpha value is -2.16. The van der Waals surface area contributed by atoms with Crippen LogP contribution in [0.25, 0.3) is 0 Å². The van der Waals surface area contributed by atoms with E-state index in [0.29, 0.717) is 0 Å².